The van der Waals surface area contributed by atoms with Gasteiger partial charge in [0.2, 0.25) is 0 Å². The van der Waals surface area contributed by atoms with Crippen LogP contribution < -0.4 is 5.73 Å². The topological polar surface area (TPSA) is 38.9 Å². The number of benzene rings is 1. The van der Waals surface area contributed by atoms with Gasteiger partial charge >= 0.3 is 0 Å². The highest BCUT2D eigenvalue weighted by molar-refractivity contribution is 9.10. The standard InChI is InChI=1S/C14H15BrN2S/c15-11-5-2-1-4-10(11)12-8-18-13(17-12)14(9-16)6-3-7-14/h1-2,4-5,8H,3,6-7,9,16H2. The smallest absolute Gasteiger partial charge is 0.101 e. The summed E-state index contributed by atoms with van der Waals surface area (Å²) in [5.74, 6) is 0. The van der Waals surface area contributed by atoms with Crippen molar-refractivity contribution in [1.82, 2.24) is 4.98 Å². The van der Waals surface area contributed by atoms with Crippen LogP contribution >= 0.6 is 27.3 Å². The van der Waals surface area contributed by atoms with E-state index < -0.39 is 0 Å². The summed E-state index contributed by atoms with van der Waals surface area (Å²) in [5.41, 5.74) is 8.32. The van der Waals surface area contributed by atoms with Gasteiger partial charge in [0, 0.05) is 27.4 Å². The predicted octanol–water partition coefficient (Wildman–Crippen LogP) is 3.95. The Bertz CT molecular complexity index is 555. The van der Waals surface area contributed by atoms with Crippen LogP contribution in [0.3, 0.4) is 0 Å². The normalized spacial score (nSPS) is 17.4. The molecule has 2 aromatic rings. The molecule has 94 valence electrons. The van der Waals surface area contributed by atoms with Crippen LogP contribution in [-0.4, -0.2) is 11.5 Å². The molecule has 18 heavy (non-hydrogen) atoms. The van der Waals surface area contributed by atoms with Gasteiger partial charge in [0.25, 0.3) is 0 Å². The van der Waals surface area contributed by atoms with Gasteiger partial charge in [0.05, 0.1) is 5.69 Å². The Hall–Kier alpha value is -0.710. The van der Waals surface area contributed by atoms with Crippen molar-refractivity contribution in [2.24, 2.45) is 5.73 Å². The number of hydrogen-bond acceptors (Lipinski definition) is 3. The maximum atomic E-state index is 5.94. The van der Waals surface area contributed by atoms with E-state index in [2.05, 4.69) is 33.4 Å². The molecule has 0 aliphatic heterocycles. The molecule has 0 amide bonds. The lowest BCUT2D eigenvalue weighted by Crippen LogP contribution is -2.41. The van der Waals surface area contributed by atoms with Crippen LogP contribution in [0.1, 0.15) is 24.3 Å². The Morgan fingerprint density at radius 3 is 2.72 bits per heavy atom. The van der Waals surface area contributed by atoms with Crippen LogP contribution in [0.4, 0.5) is 0 Å². The Morgan fingerprint density at radius 2 is 2.11 bits per heavy atom. The zero-order chi connectivity index (χ0) is 12.6. The second-order valence-corrected chi connectivity index (χ2v) is 6.57. The second kappa shape index (κ2) is 4.76. The molecule has 1 saturated carbocycles. The molecule has 3 rings (SSSR count). The van der Waals surface area contributed by atoms with E-state index in [0.29, 0.717) is 0 Å². The fourth-order valence-electron chi connectivity index (χ4n) is 2.42. The van der Waals surface area contributed by atoms with Crippen LogP contribution in [0, 0.1) is 0 Å². The van der Waals surface area contributed by atoms with Crippen molar-refractivity contribution in [3.05, 3.63) is 39.1 Å². The molecule has 2 N–H and O–H groups in total. The molecular weight excluding hydrogens is 308 g/mol. The molecule has 4 heteroatoms. The fraction of sp³-hybridized carbons (Fsp3) is 0.357. The monoisotopic (exact) mass is 322 g/mol. The van der Waals surface area contributed by atoms with Gasteiger partial charge in [-0.25, -0.2) is 4.98 Å². The van der Waals surface area contributed by atoms with Crippen molar-refractivity contribution in [1.29, 1.82) is 0 Å². The number of nitrogens with two attached hydrogens (primary N) is 1. The summed E-state index contributed by atoms with van der Waals surface area (Å²) in [5, 5.41) is 3.35. The molecule has 1 aliphatic rings. The largest absolute Gasteiger partial charge is 0.329 e. The number of halogens is 1. The molecule has 1 heterocycles. The second-order valence-electron chi connectivity index (χ2n) is 4.86. The summed E-state index contributed by atoms with van der Waals surface area (Å²) < 4.78 is 1.09. The summed E-state index contributed by atoms with van der Waals surface area (Å²) in [7, 11) is 0. The van der Waals surface area contributed by atoms with Gasteiger partial charge in [0.15, 0.2) is 0 Å². The summed E-state index contributed by atoms with van der Waals surface area (Å²) in [6.07, 6.45) is 3.65. The van der Waals surface area contributed by atoms with E-state index in [1.807, 2.05) is 12.1 Å². The Kier molecular flexibility index (Phi) is 3.26. The lowest BCUT2D eigenvalue weighted by molar-refractivity contribution is 0.252. The lowest BCUT2D eigenvalue weighted by Gasteiger charge is -2.38. The van der Waals surface area contributed by atoms with Gasteiger partial charge in [-0.05, 0) is 18.9 Å². The highest BCUT2D eigenvalue weighted by Gasteiger charge is 2.40. The number of aromatic nitrogens is 1. The van der Waals surface area contributed by atoms with Gasteiger partial charge in [0.1, 0.15) is 5.01 Å². The predicted molar refractivity (Wildman–Crippen MR) is 79.8 cm³/mol. The maximum Gasteiger partial charge on any atom is 0.101 e. The average molecular weight is 323 g/mol. The van der Waals surface area contributed by atoms with Crippen LogP contribution in [0.25, 0.3) is 11.3 Å². The van der Waals surface area contributed by atoms with Crippen molar-refractivity contribution in [3.63, 3.8) is 0 Å². The minimum absolute atomic E-state index is 0.171. The molecule has 0 saturated heterocycles. The van der Waals surface area contributed by atoms with Crippen LogP contribution in [0.15, 0.2) is 34.1 Å². The van der Waals surface area contributed by atoms with Crippen LogP contribution in [-0.2, 0) is 5.41 Å². The van der Waals surface area contributed by atoms with E-state index in [4.69, 9.17) is 10.7 Å². The molecule has 1 aliphatic carbocycles. The minimum atomic E-state index is 0.171. The van der Waals surface area contributed by atoms with E-state index in [1.54, 1.807) is 11.3 Å². The molecule has 1 aromatic heterocycles. The molecule has 1 aromatic carbocycles. The number of thiazole rings is 1. The number of hydrogen-bond donors (Lipinski definition) is 1. The van der Waals surface area contributed by atoms with Crippen LogP contribution in [0.2, 0.25) is 0 Å². The molecule has 2 nitrogen and oxygen atoms in total. The van der Waals surface area contributed by atoms with Crippen LogP contribution in [0.5, 0.6) is 0 Å². The first-order valence-corrected chi connectivity index (χ1v) is 7.83. The van der Waals surface area contributed by atoms with Crippen molar-refractivity contribution in [2.45, 2.75) is 24.7 Å². The third-order valence-electron chi connectivity index (χ3n) is 3.81. The highest BCUT2D eigenvalue weighted by Crippen LogP contribution is 2.45. The minimum Gasteiger partial charge on any atom is -0.329 e. The summed E-state index contributed by atoms with van der Waals surface area (Å²) >= 11 is 5.33. The van der Waals surface area contributed by atoms with E-state index in [9.17, 15) is 0 Å². The molecule has 0 radical (unpaired) electrons. The number of rotatable bonds is 3. The van der Waals surface area contributed by atoms with Gasteiger partial charge < -0.3 is 5.73 Å². The lowest BCUT2D eigenvalue weighted by atomic mass is 9.69. The Morgan fingerprint density at radius 1 is 1.33 bits per heavy atom. The van der Waals surface area contributed by atoms with Gasteiger partial charge in [-0.15, -0.1) is 11.3 Å². The van der Waals surface area contributed by atoms with E-state index >= 15 is 0 Å². The molecule has 0 atom stereocenters. The molecule has 0 spiro atoms. The quantitative estimate of drug-likeness (QED) is 0.929. The molecule has 1 fully saturated rings. The molecular formula is C14H15BrN2S. The van der Waals surface area contributed by atoms with E-state index in [0.717, 1.165) is 22.3 Å². The molecule has 0 unspecified atom stereocenters. The third-order valence-corrected chi connectivity index (χ3v) is 5.59. The zero-order valence-corrected chi connectivity index (χ0v) is 12.4. The zero-order valence-electron chi connectivity index (χ0n) is 10.0. The summed E-state index contributed by atoms with van der Waals surface area (Å²) in [6.45, 7) is 0.718. The van der Waals surface area contributed by atoms with Gasteiger partial charge in [-0.1, -0.05) is 40.5 Å². The van der Waals surface area contributed by atoms with Crippen molar-refractivity contribution >= 4 is 27.3 Å². The Labute approximate surface area is 119 Å². The third kappa shape index (κ3) is 1.92. The average Bonchev–Trinajstić information content (AvgIpc) is 2.79. The highest BCUT2D eigenvalue weighted by atomic mass is 79.9. The first kappa shape index (κ1) is 12.3. The first-order chi connectivity index (χ1) is 8.75. The van der Waals surface area contributed by atoms with Crippen molar-refractivity contribution in [3.8, 4) is 11.3 Å². The SMILES string of the molecule is NCC1(c2nc(-c3ccccc3Br)cs2)CCC1. The number of nitrogens with zero attached hydrogens (tertiary/aromatic N) is 1. The fourth-order valence-corrected chi connectivity index (χ4v) is 4.00. The maximum absolute atomic E-state index is 5.94. The van der Waals surface area contributed by atoms with E-state index in [1.165, 1.54) is 24.3 Å². The first-order valence-electron chi connectivity index (χ1n) is 6.16. The summed E-state index contributed by atoms with van der Waals surface area (Å²) in [6, 6.07) is 8.21. The van der Waals surface area contributed by atoms with Gasteiger partial charge in [-0.2, -0.15) is 0 Å². The Balaban J connectivity index is 1.97. The van der Waals surface area contributed by atoms with E-state index in [-0.39, 0.29) is 5.41 Å². The molecule has 0 bridgehead atoms. The van der Waals surface area contributed by atoms with Gasteiger partial charge in [-0.3, -0.25) is 0 Å². The van der Waals surface area contributed by atoms with Crippen molar-refractivity contribution < 1.29 is 0 Å². The van der Waals surface area contributed by atoms with Crippen molar-refractivity contribution in [2.75, 3.05) is 6.54 Å². The summed E-state index contributed by atoms with van der Waals surface area (Å²) in [4.78, 5) is 4.81.